The van der Waals surface area contributed by atoms with Crippen molar-refractivity contribution in [3.63, 3.8) is 0 Å². The lowest BCUT2D eigenvalue weighted by Crippen LogP contribution is -2.45. The average Bonchev–Trinajstić information content (AvgIpc) is 2.70. The lowest BCUT2D eigenvalue weighted by molar-refractivity contribution is -0.127. The van der Waals surface area contributed by atoms with Crippen molar-refractivity contribution < 1.29 is 9.53 Å². The van der Waals surface area contributed by atoms with Crippen molar-refractivity contribution in [2.75, 3.05) is 6.61 Å². The van der Waals surface area contributed by atoms with Crippen LogP contribution in [0.2, 0.25) is 0 Å². The molecule has 0 aliphatic carbocycles. The van der Waals surface area contributed by atoms with Gasteiger partial charge in [0.25, 0.3) is 0 Å². The second-order valence-corrected chi connectivity index (χ2v) is 6.38. The van der Waals surface area contributed by atoms with E-state index in [1.54, 1.807) is 0 Å². The molecule has 1 N–H and O–H groups in total. The summed E-state index contributed by atoms with van der Waals surface area (Å²) < 4.78 is 5.59. The normalized spacial score (nSPS) is 11.1. The quantitative estimate of drug-likeness (QED) is 0.694. The smallest absolute Gasteiger partial charge is 0.246 e. The van der Waals surface area contributed by atoms with Gasteiger partial charge in [0.05, 0.1) is 12.1 Å². The molecule has 0 fully saturated rings. The van der Waals surface area contributed by atoms with Gasteiger partial charge in [-0.1, -0.05) is 91.0 Å². The minimum Gasteiger partial charge on any atom is -0.367 e. The molecule has 3 nitrogen and oxygen atoms in total. The SMILES string of the molecule is CC(NC(=O)COCc1ccccc1)(c1ccccc1)c1ccccc1. The molecule has 3 aromatic rings. The second-order valence-electron chi connectivity index (χ2n) is 6.38. The van der Waals surface area contributed by atoms with Crippen molar-refractivity contribution in [1.29, 1.82) is 0 Å². The highest BCUT2D eigenvalue weighted by molar-refractivity contribution is 5.79. The van der Waals surface area contributed by atoms with E-state index in [2.05, 4.69) is 5.32 Å². The molecule has 0 spiro atoms. The zero-order valence-electron chi connectivity index (χ0n) is 14.9. The Bertz CT molecular complexity index is 777. The Kier molecular flexibility index (Phi) is 5.82. The van der Waals surface area contributed by atoms with E-state index in [0.29, 0.717) is 6.61 Å². The second kappa shape index (κ2) is 8.45. The van der Waals surface area contributed by atoms with Crippen LogP contribution in [0.1, 0.15) is 23.6 Å². The molecule has 132 valence electrons. The summed E-state index contributed by atoms with van der Waals surface area (Å²) in [6.45, 7) is 2.46. The molecule has 3 rings (SSSR count). The minimum absolute atomic E-state index is 0.0180. The molecule has 1 amide bonds. The Labute approximate surface area is 154 Å². The molecule has 0 aliphatic rings. The van der Waals surface area contributed by atoms with Crippen LogP contribution < -0.4 is 5.32 Å². The number of carbonyl (C=O) groups is 1. The first-order valence-electron chi connectivity index (χ1n) is 8.72. The lowest BCUT2D eigenvalue weighted by Gasteiger charge is -2.32. The number of benzene rings is 3. The summed E-state index contributed by atoms with van der Waals surface area (Å²) in [7, 11) is 0. The molecule has 0 aromatic heterocycles. The molecule has 3 aromatic carbocycles. The summed E-state index contributed by atoms with van der Waals surface area (Å²) in [5.41, 5.74) is 2.50. The van der Waals surface area contributed by atoms with Crippen molar-refractivity contribution in [3.8, 4) is 0 Å². The molecule has 0 saturated heterocycles. The number of amides is 1. The Balaban J connectivity index is 1.71. The highest BCUT2D eigenvalue weighted by Gasteiger charge is 2.30. The van der Waals surface area contributed by atoms with Crippen LogP contribution >= 0.6 is 0 Å². The Hall–Kier alpha value is -2.91. The zero-order chi connectivity index (χ0) is 18.2. The van der Waals surface area contributed by atoms with E-state index in [9.17, 15) is 4.79 Å². The summed E-state index contributed by atoms with van der Waals surface area (Å²) in [4.78, 5) is 12.6. The largest absolute Gasteiger partial charge is 0.367 e. The number of carbonyl (C=O) groups excluding carboxylic acids is 1. The molecule has 0 radical (unpaired) electrons. The van der Waals surface area contributed by atoms with Crippen LogP contribution in [0.15, 0.2) is 91.0 Å². The first-order valence-corrected chi connectivity index (χ1v) is 8.72. The number of nitrogens with one attached hydrogen (secondary N) is 1. The maximum Gasteiger partial charge on any atom is 0.246 e. The van der Waals surface area contributed by atoms with Crippen LogP contribution in [0.4, 0.5) is 0 Å². The third-order valence-corrected chi connectivity index (χ3v) is 4.44. The fraction of sp³-hybridized carbons (Fsp3) is 0.174. The number of rotatable bonds is 7. The van der Waals surface area contributed by atoms with E-state index in [4.69, 9.17) is 4.74 Å². The third kappa shape index (κ3) is 4.38. The van der Waals surface area contributed by atoms with E-state index < -0.39 is 5.54 Å². The standard InChI is InChI=1S/C23H23NO2/c1-23(20-13-7-3-8-14-20,21-15-9-4-10-16-21)24-22(25)18-26-17-19-11-5-2-6-12-19/h2-16H,17-18H2,1H3,(H,24,25). The number of hydrogen-bond donors (Lipinski definition) is 1. The molecular formula is C23H23NO2. The van der Waals surface area contributed by atoms with Crippen LogP contribution in [0, 0.1) is 0 Å². The molecule has 3 heteroatoms. The maximum atomic E-state index is 12.6. The first kappa shape index (κ1) is 17.9. The predicted octanol–water partition coefficient (Wildman–Crippen LogP) is 4.28. The summed E-state index contributed by atoms with van der Waals surface area (Å²) in [6.07, 6.45) is 0. The summed E-state index contributed by atoms with van der Waals surface area (Å²) in [5, 5.41) is 3.15. The first-order chi connectivity index (χ1) is 12.7. The van der Waals surface area contributed by atoms with E-state index in [-0.39, 0.29) is 12.5 Å². The van der Waals surface area contributed by atoms with Gasteiger partial charge in [0.2, 0.25) is 5.91 Å². The van der Waals surface area contributed by atoms with Crippen molar-refractivity contribution in [3.05, 3.63) is 108 Å². The van der Waals surface area contributed by atoms with Crippen molar-refractivity contribution in [1.82, 2.24) is 5.32 Å². The molecular weight excluding hydrogens is 322 g/mol. The summed E-state index contributed by atoms with van der Waals surface area (Å²) in [6, 6.07) is 29.8. The molecule has 0 aliphatic heterocycles. The van der Waals surface area contributed by atoms with Crippen molar-refractivity contribution >= 4 is 5.91 Å². The van der Waals surface area contributed by atoms with Gasteiger partial charge in [-0.25, -0.2) is 0 Å². The van der Waals surface area contributed by atoms with Crippen LogP contribution in [-0.2, 0) is 21.7 Å². The van der Waals surface area contributed by atoms with Gasteiger partial charge < -0.3 is 10.1 Å². The Morgan fingerprint density at radius 3 is 1.77 bits per heavy atom. The summed E-state index contributed by atoms with van der Waals surface area (Å²) in [5.74, 6) is -0.142. The molecule has 0 atom stereocenters. The van der Waals surface area contributed by atoms with Gasteiger partial charge in [-0.3, -0.25) is 4.79 Å². The molecule has 26 heavy (non-hydrogen) atoms. The maximum absolute atomic E-state index is 12.6. The molecule has 0 bridgehead atoms. The monoisotopic (exact) mass is 345 g/mol. The van der Waals surface area contributed by atoms with Crippen LogP contribution in [0.25, 0.3) is 0 Å². The van der Waals surface area contributed by atoms with E-state index in [1.807, 2.05) is 97.9 Å². The van der Waals surface area contributed by atoms with Crippen LogP contribution in [0.5, 0.6) is 0 Å². The van der Waals surface area contributed by atoms with Crippen molar-refractivity contribution in [2.24, 2.45) is 0 Å². The fourth-order valence-electron chi connectivity index (χ4n) is 3.00. The van der Waals surface area contributed by atoms with E-state index in [0.717, 1.165) is 16.7 Å². The Morgan fingerprint density at radius 2 is 1.27 bits per heavy atom. The van der Waals surface area contributed by atoms with Gasteiger partial charge in [0.15, 0.2) is 0 Å². The van der Waals surface area contributed by atoms with Crippen LogP contribution in [0.3, 0.4) is 0 Å². The zero-order valence-corrected chi connectivity index (χ0v) is 14.9. The molecule has 0 saturated carbocycles. The van der Waals surface area contributed by atoms with Crippen LogP contribution in [-0.4, -0.2) is 12.5 Å². The van der Waals surface area contributed by atoms with Gasteiger partial charge in [-0.15, -0.1) is 0 Å². The minimum atomic E-state index is -0.615. The van der Waals surface area contributed by atoms with Gasteiger partial charge in [-0.2, -0.15) is 0 Å². The topological polar surface area (TPSA) is 38.3 Å². The van der Waals surface area contributed by atoms with Gasteiger partial charge in [0, 0.05) is 0 Å². The van der Waals surface area contributed by atoms with Gasteiger partial charge in [-0.05, 0) is 23.6 Å². The molecule has 0 heterocycles. The highest BCUT2D eigenvalue weighted by atomic mass is 16.5. The summed E-state index contributed by atoms with van der Waals surface area (Å²) >= 11 is 0. The third-order valence-electron chi connectivity index (χ3n) is 4.44. The number of ether oxygens (including phenoxy) is 1. The molecule has 0 unspecified atom stereocenters. The van der Waals surface area contributed by atoms with Gasteiger partial charge in [0.1, 0.15) is 6.61 Å². The fourth-order valence-corrected chi connectivity index (χ4v) is 3.00. The van der Waals surface area contributed by atoms with Crippen molar-refractivity contribution in [2.45, 2.75) is 19.1 Å². The number of hydrogen-bond acceptors (Lipinski definition) is 2. The van der Waals surface area contributed by atoms with Gasteiger partial charge >= 0.3 is 0 Å². The van der Waals surface area contributed by atoms with E-state index >= 15 is 0 Å². The van der Waals surface area contributed by atoms with E-state index in [1.165, 1.54) is 0 Å². The average molecular weight is 345 g/mol. The lowest BCUT2D eigenvalue weighted by atomic mass is 9.84. The Morgan fingerprint density at radius 1 is 0.808 bits per heavy atom. The highest BCUT2D eigenvalue weighted by Crippen LogP contribution is 2.29. The predicted molar refractivity (Wildman–Crippen MR) is 104 cm³/mol.